The molecule has 0 heterocycles. The van der Waals surface area contributed by atoms with Crippen molar-refractivity contribution in [3.63, 3.8) is 0 Å². The highest BCUT2D eigenvalue weighted by atomic mass is 35.5. The molecule has 0 aliphatic heterocycles. The second kappa shape index (κ2) is 7.06. The largest absolute Gasteiger partial charge is 0.351 e. The van der Waals surface area contributed by atoms with Gasteiger partial charge in [-0.2, -0.15) is 0 Å². The van der Waals surface area contributed by atoms with Crippen LogP contribution in [0.2, 0.25) is 5.02 Å². The maximum absolute atomic E-state index is 11.9. The van der Waals surface area contributed by atoms with Crippen molar-refractivity contribution in [2.75, 3.05) is 26.7 Å². The van der Waals surface area contributed by atoms with Crippen molar-refractivity contribution in [2.24, 2.45) is 0 Å². The first-order valence-electron chi connectivity index (χ1n) is 5.86. The molecule has 0 aromatic heterocycles. The van der Waals surface area contributed by atoms with Gasteiger partial charge in [0.15, 0.2) is 0 Å². The van der Waals surface area contributed by atoms with Gasteiger partial charge in [-0.05, 0) is 25.7 Å². The number of hydrogen-bond donors (Lipinski definition) is 1. The lowest BCUT2D eigenvalue weighted by atomic mass is 10.1. The number of halogens is 1. The van der Waals surface area contributed by atoms with E-state index in [9.17, 15) is 14.9 Å². The SMILES string of the molecule is CCN(C)CCNC(=O)c1cc(Cl)ccc1[N+](=O)[O-]. The summed E-state index contributed by atoms with van der Waals surface area (Å²) >= 11 is 5.76. The molecular weight excluding hydrogens is 270 g/mol. The van der Waals surface area contributed by atoms with Crippen LogP contribution in [0.4, 0.5) is 5.69 Å². The predicted octanol–water partition coefficient (Wildman–Crippen LogP) is 1.93. The van der Waals surface area contributed by atoms with Crippen molar-refractivity contribution in [3.8, 4) is 0 Å². The van der Waals surface area contributed by atoms with Gasteiger partial charge in [0, 0.05) is 24.2 Å². The monoisotopic (exact) mass is 285 g/mol. The smallest absolute Gasteiger partial charge is 0.282 e. The molecule has 1 amide bonds. The zero-order chi connectivity index (χ0) is 14.4. The Labute approximate surface area is 116 Å². The molecule has 0 spiro atoms. The number of nitrogens with zero attached hydrogens (tertiary/aromatic N) is 2. The van der Waals surface area contributed by atoms with Gasteiger partial charge in [0.1, 0.15) is 5.56 Å². The number of benzene rings is 1. The minimum absolute atomic E-state index is 0.0170. The molecule has 0 saturated carbocycles. The van der Waals surface area contributed by atoms with Crippen molar-refractivity contribution in [2.45, 2.75) is 6.92 Å². The van der Waals surface area contributed by atoms with E-state index in [2.05, 4.69) is 5.32 Å². The highest BCUT2D eigenvalue weighted by Crippen LogP contribution is 2.22. The molecule has 0 unspecified atom stereocenters. The Morgan fingerprint density at radius 2 is 2.21 bits per heavy atom. The maximum atomic E-state index is 11.9. The van der Waals surface area contributed by atoms with Crippen LogP contribution >= 0.6 is 11.6 Å². The van der Waals surface area contributed by atoms with Crippen molar-refractivity contribution in [3.05, 3.63) is 38.9 Å². The van der Waals surface area contributed by atoms with Crippen LogP contribution in [-0.4, -0.2) is 42.4 Å². The number of likely N-dealkylation sites (N-methyl/N-ethyl adjacent to an activating group) is 1. The normalized spacial score (nSPS) is 10.5. The van der Waals surface area contributed by atoms with E-state index in [0.717, 1.165) is 6.54 Å². The van der Waals surface area contributed by atoms with Crippen molar-refractivity contribution in [1.82, 2.24) is 10.2 Å². The summed E-state index contributed by atoms with van der Waals surface area (Å²) in [6.07, 6.45) is 0. The molecule has 7 heteroatoms. The summed E-state index contributed by atoms with van der Waals surface area (Å²) in [5.74, 6) is -0.487. The highest BCUT2D eigenvalue weighted by molar-refractivity contribution is 6.31. The van der Waals surface area contributed by atoms with Crippen molar-refractivity contribution >= 4 is 23.2 Å². The molecule has 0 bridgehead atoms. The third kappa shape index (κ3) is 4.50. The van der Waals surface area contributed by atoms with Crippen LogP contribution in [0.3, 0.4) is 0 Å². The van der Waals surface area contributed by atoms with Gasteiger partial charge in [-0.3, -0.25) is 14.9 Å². The van der Waals surface area contributed by atoms with Gasteiger partial charge in [-0.25, -0.2) is 0 Å². The van der Waals surface area contributed by atoms with Gasteiger partial charge < -0.3 is 10.2 Å². The second-order valence-corrected chi connectivity index (χ2v) is 4.51. The first kappa shape index (κ1) is 15.4. The molecule has 0 saturated heterocycles. The van der Waals surface area contributed by atoms with Gasteiger partial charge in [0.2, 0.25) is 0 Å². The zero-order valence-corrected chi connectivity index (χ0v) is 11.6. The van der Waals surface area contributed by atoms with Crippen LogP contribution in [-0.2, 0) is 0 Å². The molecule has 0 fully saturated rings. The third-order valence-corrected chi connectivity index (χ3v) is 2.95. The van der Waals surface area contributed by atoms with E-state index in [-0.39, 0.29) is 11.3 Å². The summed E-state index contributed by atoms with van der Waals surface area (Å²) in [5, 5.41) is 13.8. The summed E-state index contributed by atoms with van der Waals surface area (Å²) in [6, 6.07) is 3.93. The summed E-state index contributed by atoms with van der Waals surface area (Å²) < 4.78 is 0. The molecule has 1 aromatic rings. The summed E-state index contributed by atoms with van der Waals surface area (Å²) in [5.41, 5.74) is -0.262. The first-order chi connectivity index (χ1) is 8.95. The average molecular weight is 286 g/mol. The zero-order valence-electron chi connectivity index (χ0n) is 10.9. The Morgan fingerprint density at radius 1 is 1.53 bits per heavy atom. The van der Waals surface area contributed by atoms with Crippen molar-refractivity contribution in [1.29, 1.82) is 0 Å². The fraction of sp³-hybridized carbons (Fsp3) is 0.417. The molecule has 0 radical (unpaired) electrons. The number of carbonyl (C=O) groups excluding carboxylic acids is 1. The molecule has 19 heavy (non-hydrogen) atoms. The first-order valence-corrected chi connectivity index (χ1v) is 6.24. The quantitative estimate of drug-likeness (QED) is 0.640. The van der Waals surface area contributed by atoms with Gasteiger partial charge >= 0.3 is 0 Å². The minimum atomic E-state index is -0.594. The molecule has 0 aliphatic carbocycles. The summed E-state index contributed by atoms with van der Waals surface area (Å²) in [6.45, 7) is 3.97. The van der Waals surface area contributed by atoms with E-state index in [4.69, 9.17) is 11.6 Å². The summed E-state index contributed by atoms with van der Waals surface area (Å²) in [4.78, 5) is 24.2. The molecule has 1 rings (SSSR count). The molecule has 104 valence electrons. The molecule has 1 aromatic carbocycles. The number of nitro groups is 1. The number of nitrogens with one attached hydrogen (secondary N) is 1. The Balaban J connectivity index is 2.76. The van der Waals surface area contributed by atoms with E-state index in [0.29, 0.717) is 18.1 Å². The van der Waals surface area contributed by atoms with Gasteiger partial charge in [-0.1, -0.05) is 18.5 Å². The fourth-order valence-electron chi connectivity index (χ4n) is 1.46. The van der Waals surface area contributed by atoms with E-state index in [1.807, 2.05) is 18.9 Å². The number of carbonyl (C=O) groups is 1. The van der Waals surface area contributed by atoms with Crippen LogP contribution in [0.15, 0.2) is 18.2 Å². The fourth-order valence-corrected chi connectivity index (χ4v) is 1.64. The minimum Gasteiger partial charge on any atom is -0.351 e. The standard InChI is InChI=1S/C12H16ClN3O3/c1-3-15(2)7-6-14-12(17)10-8-9(13)4-5-11(10)16(18)19/h4-5,8H,3,6-7H2,1-2H3,(H,14,17). The Morgan fingerprint density at radius 3 is 2.79 bits per heavy atom. The lowest BCUT2D eigenvalue weighted by molar-refractivity contribution is -0.385. The topological polar surface area (TPSA) is 75.5 Å². The molecule has 0 atom stereocenters. The second-order valence-electron chi connectivity index (χ2n) is 4.07. The van der Waals surface area contributed by atoms with Gasteiger partial charge in [0.05, 0.1) is 4.92 Å². The van der Waals surface area contributed by atoms with Crippen LogP contribution in [0, 0.1) is 10.1 Å². The number of hydrogen-bond acceptors (Lipinski definition) is 4. The van der Waals surface area contributed by atoms with E-state index in [1.54, 1.807) is 0 Å². The van der Waals surface area contributed by atoms with Crippen LogP contribution in [0.5, 0.6) is 0 Å². The Kier molecular flexibility index (Phi) is 5.72. The van der Waals surface area contributed by atoms with Gasteiger partial charge in [-0.15, -0.1) is 0 Å². The lowest BCUT2D eigenvalue weighted by Crippen LogP contribution is -2.33. The van der Waals surface area contributed by atoms with E-state index < -0.39 is 10.8 Å². The van der Waals surface area contributed by atoms with Crippen LogP contribution in [0.1, 0.15) is 17.3 Å². The summed E-state index contributed by atoms with van der Waals surface area (Å²) in [7, 11) is 1.92. The number of nitro benzene ring substituents is 1. The van der Waals surface area contributed by atoms with Crippen LogP contribution in [0.25, 0.3) is 0 Å². The van der Waals surface area contributed by atoms with Gasteiger partial charge in [0.25, 0.3) is 11.6 Å². The molecular formula is C12H16ClN3O3. The third-order valence-electron chi connectivity index (χ3n) is 2.72. The van der Waals surface area contributed by atoms with E-state index >= 15 is 0 Å². The number of amides is 1. The Hall–Kier alpha value is -1.66. The van der Waals surface area contributed by atoms with Crippen LogP contribution < -0.4 is 5.32 Å². The maximum Gasteiger partial charge on any atom is 0.282 e. The average Bonchev–Trinajstić information content (AvgIpc) is 2.37. The molecule has 0 aliphatic rings. The number of rotatable bonds is 6. The Bertz CT molecular complexity index is 479. The molecule has 6 nitrogen and oxygen atoms in total. The predicted molar refractivity (Wildman–Crippen MR) is 73.6 cm³/mol. The molecule has 1 N–H and O–H groups in total. The highest BCUT2D eigenvalue weighted by Gasteiger charge is 2.20. The lowest BCUT2D eigenvalue weighted by Gasteiger charge is -2.14. The van der Waals surface area contributed by atoms with Crippen molar-refractivity contribution < 1.29 is 9.72 Å². The van der Waals surface area contributed by atoms with E-state index in [1.165, 1.54) is 18.2 Å².